The van der Waals surface area contributed by atoms with Crippen molar-refractivity contribution in [2.75, 3.05) is 33.1 Å². The number of hydrogen-bond acceptors (Lipinski definition) is 6. The summed E-state index contributed by atoms with van der Waals surface area (Å²) >= 11 is 0. The highest BCUT2D eigenvalue weighted by Crippen LogP contribution is 2.35. The third-order valence-electron chi connectivity index (χ3n) is 5.23. The number of carbonyl (C=O) groups excluding carboxylic acids is 3. The second-order valence-corrected chi connectivity index (χ2v) is 9.46. The molecule has 2 fully saturated rings. The number of hydrogen-bond donors (Lipinski definition) is 2. The Hall–Kier alpha value is -2.66. The first-order chi connectivity index (χ1) is 13.6. The summed E-state index contributed by atoms with van der Waals surface area (Å²) in [7, 11) is 0.458. The van der Waals surface area contributed by atoms with Gasteiger partial charge in [-0.05, 0) is 31.0 Å². The van der Waals surface area contributed by atoms with Gasteiger partial charge in [-0.2, -0.15) is 0 Å². The molecule has 0 atom stereocenters. The molecule has 2 N–H and O–H groups in total. The Morgan fingerprint density at radius 2 is 1.93 bits per heavy atom. The predicted octanol–water partition coefficient (Wildman–Crippen LogP) is 0.749. The Morgan fingerprint density at radius 3 is 2.52 bits per heavy atom. The van der Waals surface area contributed by atoms with Gasteiger partial charge in [0.2, 0.25) is 15.9 Å². The van der Waals surface area contributed by atoms with Gasteiger partial charge in [-0.25, -0.2) is 17.5 Å². The molecule has 0 aromatic heterocycles. The van der Waals surface area contributed by atoms with Crippen LogP contribution < -0.4 is 15.4 Å². The Labute approximate surface area is 169 Å². The average molecular weight is 424 g/mol. The molecule has 10 nitrogen and oxygen atoms in total. The fraction of sp³-hybridized carbons (Fsp3) is 0.500. The van der Waals surface area contributed by atoms with Crippen molar-refractivity contribution in [1.82, 2.24) is 14.5 Å². The van der Waals surface area contributed by atoms with Crippen molar-refractivity contribution in [2.45, 2.75) is 36.1 Å². The molecule has 11 heteroatoms. The normalized spacial score (nSPS) is 18.4. The summed E-state index contributed by atoms with van der Waals surface area (Å²) in [5, 5.41) is 5.25. The van der Waals surface area contributed by atoms with E-state index in [0.717, 1.165) is 22.0 Å². The molecule has 1 aliphatic heterocycles. The number of ether oxygens (including phenoxy) is 1. The number of urea groups is 1. The molecule has 0 bridgehead atoms. The molecule has 1 aromatic carbocycles. The zero-order valence-corrected chi connectivity index (χ0v) is 17.3. The monoisotopic (exact) mass is 424 g/mol. The van der Waals surface area contributed by atoms with Crippen molar-refractivity contribution in [3.8, 4) is 5.75 Å². The number of imide groups is 1. The highest BCUT2D eigenvalue weighted by Gasteiger charge is 2.52. The minimum Gasteiger partial charge on any atom is -0.495 e. The summed E-state index contributed by atoms with van der Waals surface area (Å²) in [5.74, 6) is -0.784. The van der Waals surface area contributed by atoms with E-state index >= 15 is 0 Å². The van der Waals surface area contributed by atoms with Gasteiger partial charge < -0.3 is 15.4 Å². The minimum absolute atomic E-state index is 0.0292. The van der Waals surface area contributed by atoms with E-state index in [2.05, 4.69) is 10.6 Å². The lowest BCUT2D eigenvalue weighted by Gasteiger charge is -2.20. The lowest BCUT2D eigenvalue weighted by atomic mass is 9.98. The summed E-state index contributed by atoms with van der Waals surface area (Å²) in [5.41, 5.74) is -0.766. The number of sulfonamides is 1. The van der Waals surface area contributed by atoms with Gasteiger partial charge in [-0.1, -0.05) is 12.8 Å². The van der Waals surface area contributed by atoms with E-state index in [9.17, 15) is 22.8 Å². The Kier molecular flexibility index (Phi) is 5.54. The molecule has 2 aliphatic rings. The van der Waals surface area contributed by atoms with E-state index < -0.39 is 40.0 Å². The van der Waals surface area contributed by atoms with Crippen LogP contribution in [-0.2, 0) is 19.6 Å². The van der Waals surface area contributed by atoms with Crippen molar-refractivity contribution < 1.29 is 27.5 Å². The summed E-state index contributed by atoms with van der Waals surface area (Å²) in [6.07, 6.45) is 2.81. The smallest absolute Gasteiger partial charge is 0.325 e. The number of methoxy groups -OCH3 is 1. The molecule has 1 heterocycles. The fourth-order valence-electron chi connectivity index (χ4n) is 3.63. The van der Waals surface area contributed by atoms with Crippen molar-refractivity contribution in [2.24, 2.45) is 0 Å². The molecule has 1 saturated carbocycles. The van der Waals surface area contributed by atoms with Crippen LogP contribution in [0.1, 0.15) is 25.7 Å². The van der Waals surface area contributed by atoms with Crippen LogP contribution in [0.15, 0.2) is 23.1 Å². The van der Waals surface area contributed by atoms with Gasteiger partial charge in [0.05, 0.1) is 17.7 Å². The number of carbonyl (C=O) groups is 3. The second kappa shape index (κ2) is 7.64. The number of nitrogens with one attached hydrogen (secondary N) is 2. The molecule has 0 radical (unpaired) electrons. The van der Waals surface area contributed by atoms with E-state index in [0.29, 0.717) is 12.8 Å². The van der Waals surface area contributed by atoms with Crippen LogP contribution in [-0.4, -0.2) is 68.8 Å². The molecule has 0 unspecified atom stereocenters. The van der Waals surface area contributed by atoms with Crippen molar-refractivity contribution in [1.29, 1.82) is 0 Å². The first-order valence-electron chi connectivity index (χ1n) is 9.15. The zero-order chi connectivity index (χ0) is 21.4. The molecule has 4 amide bonds. The highest BCUT2D eigenvalue weighted by atomic mass is 32.2. The Bertz CT molecular complexity index is 953. The highest BCUT2D eigenvalue weighted by molar-refractivity contribution is 7.89. The topological polar surface area (TPSA) is 125 Å². The number of nitrogens with zero attached hydrogens (tertiary/aromatic N) is 2. The third kappa shape index (κ3) is 3.79. The molecular weight excluding hydrogens is 400 g/mol. The summed E-state index contributed by atoms with van der Waals surface area (Å²) in [4.78, 5) is 38.3. The van der Waals surface area contributed by atoms with Crippen LogP contribution in [0.5, 0.6) is 5.75 Å². The SMILES string of the molecule is COc1ccc(S(=O)(=O)N(C)C)cc1NC(=O)CN1C(=O)NC2(CCCC2)C1=O. The van der Waals surface area contributed by atoms with Crippen LogP contribution in [0.3, 0.4) is 0 Å². The molecule has 1 aromatic rings. The maximum absolute atomic E-state index is 12.7. The summed E-state index contributed by atoms with van der Waals surface area (Å²) in [6.45, 7) is -0.472. The van der Waals surface area contributed by atoms with Crippen LogP contribution in [0.2, 0.25) is 0 Å². The van der Waals surface area contributed by atoms with Crippen molar-refractivity contribution in [3.63, 3.8) is 0 Å². The van der Waals surface area contributed by atoms with Gasteiger partial charge in [0.1, 0.15) is 17.8 Å². The maximum atomic E-state index is 12.7. The number of anilines is 1. The number of amides is 4. The van der Waals surface area contributed by atoms with E-state index in [1.54, 1.807) is 0 Å². The lowest BCUT2D eigenvalue weighted by molar-refractivity contribution is -0.133. The Morgan fingerprint density at radius 1 is 1.28 bits per heavy atom. The summed E-state index contributed by atoms with van der Waals surface area (Å²) < 4.78 is 30.9. The van der Waals surface area contributed by atoms with Crippen LogP contribution >= 0.6 is 0 Å². The average Bonchev–Trinajstić information content (AvgIpc) is 3.22. The lowest BCUT2D eigenvalue weighted by Crippen LogP contribution is -2.44. The molecule has 1 aliphatic carbocycles. The van der Waals surface area contributed by atoms with Gasteiger partial charge in [-0.3, -0.25) is 14.5 Å². The fourth-order valence-corrected chi connectivity index (χ4v) is 4.56. The van der Waals surface area contributed by atoms with Crippen molar-refractivity contribution >= 4 is 33.6 Å². The predicted molar refractivity (Wildman–Crippen MR) is 104 cm³/mol. The van der Waals surface area contributed by atoms with Gasteiger partial charge >= 0.3 is 6.03 Å². The first-order valence-corrected chi connectivity index (χ1v) is 10.6. The zero-order valence-electron chi connectivity index (χ0n) is 16.5. The first kappa shape index (κ1) is 21.1. The van der Waals surface area contributed by atoms with E-state index in [1.165, 1.54) is 39.4 Å². The second-order valence-electron chi connectivity index (χ2n) is 7.31. The molecule has 1 saturated heterocycles. The molecule has 1 spiro atoms. The van der Waals surface area contributed by atoms with E-state index in [-0.39, 0.29) is 16.3 Å². The Balaban J connectivity index is 1.78. The molecule has 3 rings (SSSR count). The number of benzene rings is 1. The third-order valence-corrected chi connectivity index (χ3v) is 7.04. The van der Waals surface area contributed by atoms with E-state index in [4.69, 9.17) is 4.74 Å². The maximum Gasteiger partial charge on any atom is 0.325 e. The quantitative estimate of drug-likeness (QED) is 0.649. The number of rotatable bonds is 6. The van der Waals surface area contributed by atoms with Crippen LogP contribution in [0.25, 0.3) is 0 Å². The molecule has 158 valence electrons. The summed E-state index contributed by atoms with van der Waals surface area (Å²) in [6, 6.07) is 3.47. The van der Waals surface area contributed by atoms with Crippen molar-refractivity contribution in [3.05, 3.63) is 18.2 Å². The van der Waals surface area contributed by atoms with Gasteiger partial charge in [0, 0.05) is 14.1 Å². The molecular formula is C18H24N4O6S. The van der Waals surface area contributed by atoms with Gasteiger partial charge in [0.15, 0.2) is 0 Å². The van der Waals surface area contributed by atoms with E-state index in [1.807, 2.05) is 0 Å². The molecule has 29 heavy (non-hydrogen) atoms. The van der Waals surface area contributed by atoms with Gasteiger partial charge in [-0.15, -0.1) is 0 Å². The van der Waals surface area contributed by atoms with Crippen LogP contribution in [0.4, 0.5) is 10.5 Å². The van der Waals surface area contributed by atoms with Crippen LogP contribution in [0, 0.1) is 0 Å². The van der Waals surface area contributed by atoms with Gasteiger partial charge in [0.25, 0.3) is 5.91 Å². The minimum atomic E-state index is -3.72. The standard InChI is InChI=1S/C18H24N4O6S/c1-21(2)29(26,27)12-6-7-14(28-3)13(10-12)19-15(23)11-22-16(24)18(20-17(22)25)8-4-5-9-18/h6-7,10H,4-5,8-9,11H2,1-3H3,(H,19,23)(H,20,25). The largest absolute Gasteiger partial charge is 0.495 e.